The van der Waals surface area contributed by atoms with Crippen LogP contribution in [0.1, 0.15) is 82.0 Å². The first kappa shape index (κ1) is 30.0. The maximum atomic E-state index is 12.8. The van der Waals surface area contributed by atoms with Crippen LogP contribution in [0.25, 0.3) is 5.65 Å². The summed E-state index contributed by atoms with van der Waals surface area (Å²) in [5, 5.41) is 14.9. The van der Waals surface area contributed by atoms with Crippen molar-refractivity contribution < 1.29 is 24.1 Å². The standard InChI is InChI=1S/C29H38N4O5.C2H6/c1-20-24(17-26(34)38-28(2,3)35)27-32-13-11-29(4,12-14-32)37-15-7-10-21-8-5-6-9-22(21)18-36-19-23-16-25(30-20)33(27)31-23;1-2/h5-6,8-9,16,35H,7,10-15,17-19H2,1-4H3;1-2H3. The summed E-state index contributed by atoms with van der Waals surface area (Å²) in [4.78, 5) is 19.8. The molecule has 1 aromatic carbocycles. The second-order valence-corrected chi connectivity index (χ2v) is 11.2. The number of aliphatic hydroxyl groups is 1. The molecule has 9 nitrogen and oxygen atoms in total. The number of rotatable bonds is 3. The van der Waals surface area contributed by atoms with Crippen molar-refractivity contribution in [2.45, 2.75) is 98.2 Å². The van der Waals surface area contributed by atoms with Crippen LogP contribution >= 0.6 is 0 Å². The van der Waals surface area contributed by atoms with E-state index in [1.165, 1.54) is 25.0 Å². The van der Waals surface area contributed by atoms with Gasteiger partial charge in [0.1, 0.15) is 5.82 Å². The maximum Gasteiger partial charge on any atom is 0.312 e. The van der Waals surface area contributed by atoms with E-state index in [0.717, 1.165) is 61.5 Å². The first-order valence-corrected chi connectivity index (χ1v) is 14.5. The van der Waals surface area contributed by atoms with E-state index in [9.17, 15) is 9.90 Å². The van der Waals surface area contributed by atoms with E-state index in [4.69, 9.17) is 24.3 Å². The van der Waals surface area contributed by atoms with Crippen LogP contribution in [-0.2, 0) is 45.1 Å². The van der Waals surface area contributed by atoms with Gasteiger partial charge in [0, 0.05) is 50.9 Å². The number of nitrogens with zero attached hydrogens (tertiary/aromatic N) is 4. The summed E-state index contributed by atoms with van der Waals surface area (Å²) in [5.74, 6) is -1.23. The van der Waals surface area contributed by atoms with Gasteiger partial charge in [-0.15, -0.1) is 0 Å². The number of aryl methyl sites for hydroxylation is 2. The van der Waals surface area contributed by atoms with Crippen molar-refractivity contribution in [3.8, 4) is 0 Å². The number of hydrogen-bond donors (Lipinski definition) is 1. The fourth-order valence-corrected chi connectivity index (χ4v) is 5.37. The lowest BCUT2D eigenvalue weighted by molar-refractivity contribution is -0.194. The fraction of sp³-hybridized carbons (Fsp3) is 0.581. The summed E-state index contributed by atoms with van der Waals surface area (Å²) in [6.07, 6.45) is 3.61. The monoisotopic (exact) mass is 552 g/mol. The van der Waals surface area contributed by atoms with Crippen molar-refractivity contribution in [3.63, 3.8) is 0 Å². The normalized spacial score (nSPS) is 17.6. The number of aromatic nitrogens is 3. The molecule has 0 radical (unpaired) electrons. The largest absolute Gasteiger partial charge is 0.434 e. The summed E-state index contributed by atoms with van der Waals surface area (Å²) in [7, 11) is 0. The van der Waals surface area contributed by atoms with Crippen molar-refractivity contribution in [1.29, 1.82) is 0 Å². The van der Waals surface area contributed by atoms with Crippen LogP contribution in [-0.4, -0.2) is 56.8 Å². The molecule has 9 heteroatoms. The predicted octanol–water partition coefficient (Wildman–Crippen LogP) is 4.92. The van der Waals surface area contributed by atoms with Crippen LogP contribution in [0.3, 0.4) is 0 Å². The summed E-state index contributed by atoms with van der Waals surface area (Å²) >= 11 is 0. The lowest BCUT2D eigenvalue weighted by Gasteiger charge is -2.41. The summed E-state index contributed by atoms with van der Waals surface area (Å²) in [5.41, 5.74) is 5.24. The number of ether oxygens (including phenoxy) is 3. The molecule has 0 atom stereocenters. The zero-order valence-corrected chi connectivity index (χ0v) is 24.8. The van der Waals surface area contributed by atoms with Crippen molar-refractivity contribution in [3.05, 3.63) is 58.4 Å². The Morgan fingerprint density at radius 1 is 1.15 bits per heavy atom. The molecular formula is C31H44N4O5. The molecule has 0 saturated carbocycles. The van der Waals surface area contributed by atoms with E-state index >= 15 is 0 Å². The highest BCUT2D eigenvalue weighted by Crippen LogP contribution is 2.33. The number of carbonyl (C=O) groups excluding carboxylic acids is 1. The van der Waals surface area contributed by atoms with Gasteiger partial charge in [0.25, 0.3) is 0 Å². The van der Waals surface area contributed by atoms with Crippen LogP contribution in [0, 0.1) is 6.92 Å². The minimum atomic E-state index is -1.55. The zero-order chi connectivity index (χ0) is 28.9. The van der Waals surface area contributed by atoms with Crippen LogP contribution < -0.4 is 4.90 Å². The number of benzene rings is 1. The smallest absolute Gasteiger partial charge is 0.312 e. The van der Waals surface area contributed by atoms with Gasteiger partial charge in [-0.1, -0.05) is 38.1 Å². The van der Waals surface area contributed by atoms with E-state index in [1.54, 1.807) is 0 Å². The van der Waals surface area contributed by atoms with E-state index in [0.29, 0.717) is 25.5 Å². The molecule has 40 heavy (non-hydrogen) atoms. The van der Waals surface area contributed by atoms with Crippen LogP contribution in [0.15, 0.2) is 30.3 Å². The molecule has 3 aliphatic heterocycles. The van der Waals surface area contributed by atoms with Crippen LogP contribution in [0.2, 0.25) is 0 Å². The SMILES string of the molecule is CC.Cc1nc2cc3nn2c(c1CC(=O)OC(C)(C)O)N1CCC(C)(CC1)OCCCc1ccccc1COC3. The molecule has 0 aliphatic carbocycles. The van der Waals surface area contributed by atoms with Gasteiger partial charge in [-0.2, -0.15) is 9.61 Å². The Balaban J connectivity index is 0.00000181. The van der Waals surface area contributed by atoms with Gasteiger partial charge < -0.3 is 24.2 Å². The average molecular weight is 553 g/mol. The molecule has 6 rings (SSSR count). The molecular weight excluding hydrogens is 508 g/mol. The van der Waals surface area contributed by atoms with E-state index < -0.39 is 11.8 Å². The lowest BCUT2D eigenvalue weighted by atomic mass is 9.92. The van der Waals surface area contributed by atoms with Gasteiger partial charge in [-0.05, 0) is 50.7 Å². The number of anilines is 1. The van der Waals surface area contributed by atoms with Crippen molar-refractivity contribution in [2.75, 3.05) is 24.6 Å². The summed E-state index contributed by atoms with van der Waals surface area (Å²) < 4.78 is 19.6. The lowest BCUT2D eigenvalue weighted by Crippen LogP contribution is -2.45. The zero-order valence-electron chi connectivity index (χ0n) is 24.8. The molecule has 1 N–H and O–H groups in total. The Morgan fingerprint density at radius 2 is 1.85 bits per heavy atom. The second kappa shape index (κ2) is 12.7. The quantitative estimate of drug-likeness (QED) is 0.361. The van der Waals surface area contributed by atoms with Crippen LogP contribution in [0.5, 0.6) is 0 Å². The first-order chi connectivity index (χ1) is 19.1. The van der Waals surface area contributed by atoms with Crippen LogP contribution in [0.4, 0.5) is 5.82 Å². The molecule has 0 spiro atoms. The fourth-order valence-electron chi connectivity index (χ4n) is 5.37. The molecule has 218 valence electrons. The summed E-state index contributed by atoms with van der Waals surface area (Å²) in [6.45, 7) is 14.1. The van der Waals surface area contributed by atoms with Gasteiger partial charge in [0.05, 0.1) is 30.9 Å². The minimum Gasteiger partial charge on any atom is -0.434 e. The Hall–Kier alpha value is -3.01. The Morgan fingerprint density at radius 3 is 2.55 bits per heavy atom. The number of carbonyl (C=O) groups is 1. The third kappa shape index (κ3) is 7.19. The van der Waals surface area contributed by atoms with E-state index in [-0.39, 0.29) is 12.0 Å². The maximum absolute atomic E-state index is 12.8. The number of hydrogen-bond acceptors (Lipinski definition) is 8. The highest BCUT2D eigenvalue weighted by atomic mass is 16.7. The molecule has 1 fully saturated rings. The summed E-state index contributed by atoms with van der Waals surface area (Å²) in [6, 6.07) is 10.4. The number of esters is 1. The van der Waals surface area contributed by atoms with Gasteiger partial charge in [-0.3, -0.25) is 4.79 Å². The number of piperidine rings is 1. The third-order valence-corrected chi connectivity index (χ3v) is 7.40. The molecule has 3 aliphatic rings. The minimum absolute atomic E-state index is 0.0131. The van der Waals surface area contributed by atoms with Gasteiger partial charge in [-0.25, -0.2) is 4.98 Å². The van der Waals surface area contributed by atoms with E-state index in [1.807, 2.05) is 37.4 Å². The molecule has 2 aromatic heterocycles. The number of fused-ring (bicyclic) bond motifs is 7. The highest BCUT2D eigenvalue weighted by Gasteiger charge is 2.34. The highest BCUT2D eigenvalue weighted by molar-refractivity contribution is 5.76. The Labute approximate surface area is 237 Å². The van der Waals surface area contributed by atoms with Crippen molar-refractivity contribution in [1.82, 2.24) is 14.6 Å². The van der Waals surface area contributed by atoms with Gasteiger partial charge in [0.2, 0.25) is 5.79 Å². The Bertz CT molecular complexity index is 1310. The molecule has 3 aromatic rings. The van der Waals surface area contributed by atoms with Gasteiger partial charge in [0.15, 0.2) is 5.65 Å². The third-order valence-electron chi connectivity index (χ3n) is 7.40. The molecule has 5 heterocycles. The van der Waals surface area contributed by atoms with Crippen molar-refractivity contribution >= 4 is 17.4 Å². The van der Waals surface area contributed by atoms with Crippen molar-refractivity contribution in [2.24, 2.45) is 0 Å². The molecule has 1 saturated heterocycles. The van der Waals surface area contributed by atoms with E-state index in [2.05, 4.69) is 30.0 Å². The first-order valence-electron chi connectivity index (χ1n) is 14.5. The molecule has 0 unspecified atom stereocenters. The second-order valence-electron chi connectivity index (χ2n) is 11.2. The molecule has 4 bridgehead atoms. The van der Waals surface area contributed by atoms with Gasteiger partial charge >= 0.3 is 5.97 Å². The predicted molar refractivity (Wildman–Crippen MR) is 154 cm³/mol. The topological polar surface area (TPSA) is 98.4 Å². The average Bonchev–Trinajstić information content (AvgIpc) is 3.30. The molecule has 0 amide bonds. The Kier molecular flexibility index (Phi) is 9.48.